The van der Waals surface area contributed by atoms with Gasteiger partial charge in [0.15, 0.2) is 5.78 Å². The van der Waals surface area contributed by atoms with Crippen molar-refractivity contribution in [3.63, 3.8) is 0 Å². The summed E-state index contributed by atoms with van der Waals surface area (Å²) in [5.74, 6) is 4.48. The van der Waals surface area contributed by atoms with Crippen molar-refractivity contribution < 1.29 is 4.79 Å². The van der Waals surface area contributed by atoms with Gasteiger partial charge in [-0.05, 0) is 78.6 Å². The number of fused-ring (bicyclic) bond motifs is 5. The largest absolute Gasteiger partial charge is 0.295 e. The highest BCUT2D eigenvalue weighted by Crippen LogP contribution is 2.66. The van der Waals surface area contributed by atoms with Crippen molar-refractivity contribution in [3.05, 3.63) is 12.2 Å². The Morgan fingerprint density at radius 1 is 1.14 bits per heavy atom. The normalized spacial score (nSPS) is 55.8. The smallest absolute Gasteiger partial charge is 0.155 e. The zero-order chi connectivity index (χ0) is 14.8. The van der Waals surface area contributed by atoms with Gasteiger partial charge >= 0.3 is 0 Å². The fourth-order valence-electron chi connectivity index (χ4n) is 7.01. The number of allylic oxidation sites excluding steroid dienone is 2. The topological polar surface area (TPSA) is 17.1 Å². The van der Waals surface area contributed by atoms with Crippen LogP contribution in [0.3, 0.4) is 0 Å². The maximum absolute atomic E-state index is 11.9. The molecule has 0 aliphatic heterocycles. The van der Waals surface area contributed by atoms with Gasteiger partial charge in [-0.15, -0.1) is 0 Å². The molecule has 7 atom stereocenters. The van der Waals surface area contributed by atoms with E-state index in [0.717, 1.165) is 30.1 Å². The molecule has 21 heavy (non-hydrogen) atoms. The van der Waals surface area contributed by atoms with Gasteiger partial charge < -0.3 is 0 Å². The van der Waals surface area contributed by atoms with E-state index in [1.54, 1.807) is 0 Å². The second-order valence-electron chi connectivity index (χ2n) is 9.15. The quantitative estimate of drug-likeness (QED) is 0.611. The summed E-state index contributed by atoms with van der Waals surface area (Å²) in [5, 5.41) is 0. The molecule has 1 nitrogen and oxygen atoms in total. The highest BCUT2D eigenvalue weighted by Gasteiger charge is 2.58. The monoisotopic (exact) mass is 286 g/mol. The molecule has 4 aliphatic carbocycles. The minimum Gasteiger partial charge on any atom is -0.295 e. The molecule has 0 aromatic heterocycles. The van der Waals surface area contributed by atoms with Gasteiger partial charge in [-0.3, -0.25) is 4.79 Å². The van der Waals surface area contributed by atoms with Gasteiger partial charge in [0.25, 0.3) is 0 Å². The Balaban J connectivity index is 1.73. The summed E-state index contributed by atoms with van der Waals surface area (Å²) in [6.07, 6.45) is 13.5. The molecular formula is C20H30O. The van der Waals surface area contributed by atoms with Gasteiger partial charge in [0.2, 0.25) is 0 Å². The van der Waals surface area contributed by atoms with Gasteiger partial charge in [-0.1, -0.05) is 33.3 Å². The van der Waals surface area contributed by atoms with Gasteiger partial charge in [0.05, 0.1) is 0 Å². The molecule has 1 heteroatoms. The number of carbonyl (C=O) groups excluding carboxylic acids is 1. The Kier molecular flexibility index (Phi) is 2.98. The van der Waals surface area contributed by atoms with Crippen LogP contribution < -0.4 is 0 Å². The van der Waals surface area contributed by atoms with Crippen LogP contribution in [-0.2, 0) is 4.79 Å². The first-order valence-corrected chi connectivity index (χ1v) is 9.16. The summed E-state index contributed by atoms with van der Waals surface area (Å²) in [5.41, 5.74) is 0.932. The third-order valence-electron chi connectivity index (χ3n) is 8.18. The standard InChI is InChI=1S/C20H30O/c1-13-11-14-12-15(21)6-10-20(14,3)17-7-9-19(2)8-4-5-16(19)18(13)17/h6,10,13-14,16-18H,4-5,7-9,11-12H2,1-3H3/t13-,14-,16-,17-,18-,19-,20-/m0/s1. The summed E-state index contributed by atoms with van der Waals surface area (Å²) in [4.78, 5) is 11.9. The molecular weight excluding hydrogens is 256 g/mol. The van der Waals surface area contributed by atoms with E-state index >= 15 is 0 Å². The molecule has 0 bridgehead atoms. The van der Waals surface area contributed by atoms with Gasteiger partial charge in [-0.2, -0.15) is 0 Å². The Morgan fingerprint density at radius 2 is 1.95 bits per heavy atom. The third-order valence-corrected chi connectivity index (χ3v) is 8.18. The lowest BCUT2D eigenvalue weighted by Gasteiger charge is -2.60. The van der Waals surface area contributed by atoms with Gasteiger partial charge in [-0.25, -0.2) is 0 Å². The Hall–Kier alpha value is -0.590. The average molecular weight is 286 g/mol. The van der Waals surface area contributed by atoms with Crippen LogP contribution in [0, 0.1) is 40.4 Å². The second-order valence-corrected chi connectivity index (χ2v) is 9.15. The fourth-order valence-corrected chi connectivity index (χ4v) is 7.01. The van der Waals surface area contributed by atoms with Crippen LogP contribution in [0.15, 0.2) is 12.2 Å². The minimum absolute atomic E-state index is 0.301. The van der Waals surface area contributed by atoms with E-state index in [9.17, 15) is 4.79 Å². The zero-order valence-corrected chi connectivity index (χ0v) is 13.9. The predicted molar refractivity (Wildman–Crippen MR) is 85.8 cm³/mol. The van der Waals surface area contributed by atoms with Gasteiger partial charge in [0.1, 0.15) is 0 Å². The molecule has 3 saturated carbocycles. The molecule has 4 aliphatic rings. The van der Waals surface area contributed by atoms with E-state index in [1.807, 2.05) is 6.08 Å². The first kappa shape index (κ1) is 14.0. The fraction of sp³-hybridized carbons (Fsp3) is 0.850. The Morgan fingerprint density at radius 3 is 2.76 bits per heavy atom. The van der Waals surface area contributed by atoms with Crippen LogP contribution >= 0.6 is 0 Å². The maximum atomic E-state index is 11.9. The molecule has 4 rings (SSSR count). The lowest BCUT2D eigenvalue weighted by Crippen LogP contribution is -2.54. The molecule has 0 spiro atoms. The SMILES string of the molecule is C[C@H]1C[C@H]2CC(=O)C=C[C@]2(C)[C@H]2CC[C@]3(C)CCC[C@H]3[C@H]12. The minimum atomic E-state index is 0.301. The Bertz CT molecular complexity index is 492. The number of carbonyl (C=O) groups is 1. The molecule has 3 fully saturated rings. The van der Waals surface area contributed by atoms with E-state index in [-0.39, 0.29) is 0 Å². The summed E-state index contributed by atoms with van der Waals surface area (Å²) >= 11 is 0. The summed E-state index contributed by atoms with van der Waals surface area (Å²) in [6.45, 7) is 7.54. The lowest BCUT2D eigenvalue weighted by molar-refractivity contribution is -0.125. The summed E-state index contributed by atoms with van der Waals surface area (Å²) in [6, 6.07) is 0. The third kappa shape index (κ3) is 1.85. The highest BCUT2D eigenvalue weighted by molar-refractivity contribution is 5.91. The van der Waals surface area contributed by atoms with E-state index < -0.39 is 0 Å². The first-order chi connectivity index (χ1) is 9.94. The maximum Gasteiger partial charge on any atom is 0.155 e. The molecule has 0 aromatic carbocycles. The van der Waals surface area contributed by atoms with Crippen molar-refractivity contribution in [1.82, 2.24) is 0 Å². The molecule has 0 heterocycles. The van der Waals surface area contributed by atoms with Crippen molar-refractivity contribution in [2.75, 3.05) is 0 Å². The van der Waals surface area contributed by atoms with Crippen molar-refractivity contribution >= 4 is 5.78 Å². The Labute approximate surface area is 129 Å². The van der Waals surface area contributed by atoms with E-state index in [2.05, 4.69) is 26.8 Å². The van der Waals surface area contributed by atoms with Crippen LogP contribution in [0.2, 0.25) is 0 Å². The summed E-state index contributed by atoms with van der Waals surface area (Å²) < 4.78 is 0. The summed E-state index contributed by atoms with van der Waals surface area (Å²) in [7, 11) is 0. The molecule has 0 aromatic rings. The molecule has 0 saturated heterocycles. The number of ketones is 1. The van der Waals surface area contributed by atoms with E-state index in [0.29, 0.717) is 22.5 Å². The molecule has 0 radical (unpaired) electrons. The van der Waals surface area contributed by atoms with Crippen molar-refractivity contribution in [3.8, 4) is 0 Å². The van der Waals surface area contributed by atoms with E-state index in [4.69, 9.17) is 0 Å². The molecule has 116 valence electrons. The van der Waals surface area contributed by atoms with Crippen LogP contribution in [0.5, 0.6) is 0 Å². The lowest BCUT2D eigenvalue weighted by atomic mass is 9.44. The average Bonchev–Trinajstić information content (AvgIpc) is 2.82. The van der Waals surface area contributed by atoms with Crippen LogP contribution in [0.25, 0.3) is 0 Å². The second kappa shape index (κ2) is 4.46. The molecule has 0 unspecified atom stereocenters. The predicted octanol–water partition coefficient (Wildman–Crippen LogP) is 5.01. The molecule has 0 amide bonds. The first-order valence-electron chi connectivity index (χ1n) is 9.16. The van der Waals surface area contributed by atoms with Crippen LogP contribution in [-0.4, -0.2) is 5.78 Å². The van der Waals surface area contributed by atoms with Crippen molar-refractivity contribution in [2.24, 2.45) is 40.4 Å². The van der Waals surface area contributed by atoms with Crippen LogP contribution in [0.1, 0.15) is 65.7 Å². The van der Waals surface area contributed by atoms with Crippen LogP contribution in [0.4, 0.5) is 0 Å². The van der Waals surface area contributed by atoms with Gasteiger partial charge in [0, 0.05) is 6.42 Å². The molecule has 0 N–H and O–H groups in total. The zero-order valence-electron chi connectivity index (χ0n) is 13.9. The van der Waals surface area contributed by atoms with E-state index in [1.165, 1.54) is 38.5 Å². The number of rotatable bonds is 0. The number of hydrogen-bond donors (Lipinski definition) is 0. The van der Waals surface area contributed by atoms with Crippen molar-refractivity contribution in [1.29, 1.82) is 0 Å². The highest BCUT2D eigenvalue weighted by atomic mass is 16.1. The number of hydrogen-bond acceptors (Lipinski definition) is 1. The van der Waals surface area contributed by atoms with Crippen molar-refractivity contribution in [2.45, 2.75) is 65.7 Å².